The number of hydrogen-bond acceptors (Lipinski definition) is 2. The fourth-order valence-electron chi connectivity index (χ4n) is 1.28. The van der Waals surface area contributed by atoms with E-state index in [0.29, 0.717) is 0 Å². The molecule has 0 aromatic rings. The largest absolute Gasteiger partial charge is 0.351 e. The van der Waals surface area contributed by atoms with Gasteiger partial charge in [-0.2, -0.15) is 0 Å². The van der Waals surface area contributed by atoms with E-state index in [1.807, 2.05) is 0 Å². The Hall–Kier alpha value is -0.570. The number of amides is 1. The monoisotopic (exact) mass is 230 g/mol. The van der Waals surface area contributed by atoms with Crippen molar-refractivity contribution in [1.29, 1.82) is 0 Å². The maximum Gasteiger partial charge on any atom is 0.209 e. The molecule has 0 saturated heterocycles. The minimum absolute atomic E-state index is 0.750. The number of hydrogen-bond donors (Lipinski definition) is 1. The van der Waals surface area contributed by atoms with Crippen molar-refractivity contribution < 1.29 is 4.79 Å². The average Bonchev–Trinajstić information content (AvgIpc) is 2.29. The summed E-state index contributed by atoms with van der Waals surface area (Å²) < 4.78 is 0. The molecular formula is C13H30N2O. The number of rotatable bonds is 9. The predicted molar refractivity (Wildman–Crippen MR) is 71.4 cm³/mol. The van der Waals surface area contributed by atoms with Crippen LogP contribution in [0.15, 0.2) is 0 Å². The normalized spacial score (nSPS) is 9.25. The van der Waals surface area contributed by atoms with Gasteiger partial charge >= 0.3 is 0 Å². The van der Waals surface area contributed by atoms with E-state index >= 15 is 0 Å². The Balaban J connectivity index is 0. The summed E-state index contributed by atoms with van der Waals surface area (Å²) in [6.07, 6.45) is 11.7. The first kappa shape index (κ1) is 17.8. The van der Waals surface area contributed by atoms with Crippen LogP contribution in [0.2, 0.25) is 0 Å². The molecule has 0 aliphatic heterocycles. The SMILES string of the molecule is CCCCCCCCCCN.CN(C)C=O. The lowest BCUT2D eigenvalue weighted by Gasteiger charge is -1.99. The molecule has 0 heterocycles. The second-order valence-electron chi connectivity index (χ2n) is 4.33. The molecule has 1 amide bonds. The zero-order valence-electron chi connectivity index (χ0n) is 11.4. The Morgan fingerprint density at radius 3 is 1.62 bits per heavy atom. The molecule has 0 saturated carbocycles. The fraction of sp³-hybridized carbons (Fsp3) is 0.923. The summed E-state index contributed by atoms with van der Waals surface area (Å²) in [5.74, 6) is 0. The van der Waals surface area contributed by atoms with Gasteiger partial charge in [0.15, 0.2) is 0 Å². The second-order valence-corrected chi connectivity index (χ2v) is 4.33. The standard InChI is InChI=1S/C10H23N.C3H7NO/c1-2-3-4-5-6-7-8-9-10-11;1-4(2)3-5/h2-11H2,1H3;3H,1-2H3. The van der Waals surface area contributed by atoms with Crippen molar-refractivity contribution >= 4 is 6.41 Å². The summed E-state index contributed by atoms with van der Waals surface area (Å²) in [6.45, 7) is 3.13. The quantitative estimate of drug-likeness (QED) is 0.489. The van der Waals surface area contributed by atoms with Crippen molar-refractivity contribution in [2.45, 2.75) is 58.3 Å². The van der Waals surface area contributed by atoms with E-state index in [4.69, 9.17) is 5.73 Å². The van der Waals surface area contributed by atoms with Gasteiger partial charge in [-0.15, -0.1) is 0 Å². The molecule has 0 atom stereocenters. The highest BCUT2D eigenvalue weighted by atomic mass is 16.1. The zero-order chi connectivity index (χ0) is 12.6. The van der Waals surface area contributed by atoms with Gasteiger partial charge in [0.05, 0.1) is 0 Å². The number of nitrogens with two attached hydrogens (primary N) is 1. The molecule has 16 heavy (non-hydrogen) atoms. The van der Waals surface area contributed by atoms with E-state index in [-0.39, 0.29) is 0 Å². The molecule has 3 heteroatoms. The van der Waals surface area contributed by atoms with Crippen LogP contribution in [0.3, 0.4) is 0 Å². The predicted octanol–water partition coefficient (Wildman–Crippen LogP) is 2.79. The highest BCUT2D eigenvalue weighted by Crippen LogP contribution is 2.07. The Morgan fingerprint density at radius 2 is 1.31 bits per heavy atom. The van der Waals surface area contributed by atoms with Crippen LogP contribution in [0.25, 0.3) is 0 Å². The van der Waals surface area contributed by atoms with E-state index in [2.05, 4.69) is 6.92 Å². The third kappa shape index (κ3) is 23.3. The summed E-state index contributed by atoms with van der Waals surface area (Å²) in [5, 5.41) is 0. The molecule has 0 aliphatic carbocycles. The van der Waals surface area contributed by atoms with Crippen LogP contribution in [-0.4, -0.2) is 32.0 Å². The molecule has 0 aliphatic rings. The molecule has 0 aromatic heterocycles. The van der Waals surface area contributed by atoms with Crippen LogP contribution >= 0.6 is 0 Å². The molecular weight excluding hydrogens is 200 g/mol. The molecule has 98 valence electrons. The smallest absolute Gasteiger partial charge is 0.209 e. The maximum atomic E-state index is 9.43. The molecule has 0 unspecified atom stereocenters. The van der Waals surface area contributed by atoms with Crippen molar-refractivity contribution in [2.24, 2.45) is 5.73 Å². The van der Waals surface area contributed by atoms with Gasteiger partial charge in [-0.25, -0.2) is 0 Å². The minimum Gasteiger partial charge on any atom is -0.351 e. The van der Waals surface area contributed by atoms with Crippen LogP contribution in [0.5, 0.6) is 0 Å². The highest BCUT2D eigenvalue weighted by molar-refractivity contribution is 5.45. The Morgan fingerprint density at radius 1 is 0.938 bits per heavy atom. The minimum atomic E-state index is 0.750. The molecule has 0 rings (SSSR count). The summed E-state index contributed by atoms with van der Waals surface area (Å²) >= 11 is 0. The average molecular weight is 230 g/mol. The van der Waals surface area contributed by atoms with E-state index in [1.54, 1.807) is 14.1 Å². The molecule has 3 nitrogen and oxygen atoms in total. The van der Waals surface area contributed by atoms with E-state index in [1.165, 1.54) is 56.3 Å². The van der Waals surface area contributed by atoms with Crippen molar-refractivity contribution in [2.75, 3.05) is 20.6 Å². The number of nitrogens with zero attached hydrogens (tertiary/aromatic N) is 1. The van der Waals surface area contributed by atoms with Crippen LogP contribution in [-0.2, 0) is 4.79 Å². The lowest BCUT2D eigenvalue weighted by molar-refractivity contribution is -0.115. The number of carbonyl (C=O) groups is 1. The number of carbonyl (C=O) groups excluding carboxylic acids is 1. The van der Waals surface area contributed by atoms with Crippen molar-refractivity contribution in [3.05, 3.63) is 0 Å². The van der Waals surface area contributed by atoms with E-state index in [0.717, 1.165) is 13.0 Å². The van der Waals surface area contributed by atoms with Crippen molar-refractivity contribution in [3.63, 3.8) is 0 Å². The van der Waals surface area contributed by atoms with Gasteiger partial charge < -0.3 is 10.6 Å². The van der Waals surface area contributed by atoms with Gasteiger partial charge in [-0.3, -0.25) is 4.79 Å². The van der Waals surface area contributed by atoms with Gasteiger partial charge in [0.1, 0.15) is 0 Å². The van der Waals surface area contributed by atoms with Gasteiger partial charge in [0.25, 0.3) is 0 Å². The zero-order valence-corrected chi connectivity index (χ0v) is 11.4. The van der Waals surface area contributed by atoms with Crippen LogP contribution in [0.4, 0.5) is 0 Å². The Kier molecular flexibility index (Phi) is 18.8. The molecule has 2 N–H and O–H groups in total. The van der Waals surface area contributed by atoms with E-state index in [9.17, 15) is 4.79 Å². The van der Waals surface area contributed by atoms with Gasteiger partial charge in [-0.05, 0) is 13.0 Å². The van der Waals surface area contributed by atoms with Crippen LogP contribution in [0.1, 0.15) is 58.3 Å². The first-order valence-electron chi connectivity index (χ1n) is 6.50. The molecule has 0 radical (unpaired) electrons. The first-order valence-corrected chi connectivity index (χ1v) is 6.50. The van der Waals surface area contributed by atoms with Gasteiger partial charge in [0, 0.05) is 14.1 Å². The Labute approximate surface area is 101 Å². The summed E-state index contributed by atoms with van der Waals surface area (Å²) in [4.78, 5) is 10.9. The lowest BCUT2D eigenvalue weighted by Crippen LogP contribution is -2.06. The van der Waals surface area contributed by atoms with Crippen molar-refractivity contribution in [1.82, 2.24) is 4.90 Å². The topological polar surface area (TPSA) is 46.3 Å². The summed E-state index contributed by atoms with van der Waals surface area (Å²) in [5.41, 5.74) is 5.39. The van der Waals surface area contributed by atoms with E-state index < -0.39 is 0 Å². The fourth-order valence-corrected chi connectivity index (χ4v) is 1.28. The second kappa shape index (κ2) is 16.8. The Bertz CT molecular complexity index is 119. The summed E-state index contributed by atoms with van der Waals surface area (Å²) in [7, 11) is 3.38. The van der Waals surface area contributed by atoms with Gasteiger partial charge in [-0.1, -0.05) is 51.9 Å². The summed E-state index contributed by atoms with van der Waals surface area (Å²) in [6, 6.07) is 0. The molecule has 0 aromatic carbocycles. The molecule has 0 fully saturated rings. The molecule has 0 bridgehead atoms. The number of unbranched alkanes of at least 4 members (excludes halogenated alkanes) is 7. The first-order chi connectivity index (χ1) is 7.68. The lowest BCUT2D eigenvalue weighted by atomic mass is 10.1. The molecule has 0 spiro atoms. The van der Waals surface area contributed by atoms with Gasteiger partial charge in [0.2, 0.25) is 6.41 Å². The third-order valence-electron chi connectivity index (χ3n) is 2.27. The maximum absolute atomic E-state index is 9.43. The van der Waals surface area contributed by atoms with Crippen LogP contribution < -0.4 is 5.73 Å². The third-order valence-corrected chi connectivity index (χ3v) is 2.27. The van der Waals surface area contributed by atoms with Crippen LogP contribution in [0, 0.1) is 0 Å². The highest BCUT2D eigenvalue weighted by Gasteiger charge is 1.89. The van der Waals surface area contributed by atoms with Crippen molar-refractivity contribution in [3.8, 4) is 0 Å².